The molecule has 0 unspecified atom stereocenters. The van der Waals surface area contributed by atoms with E-state index >= 15 is 0 Å². The third kappa shape index (κ3) is 2.25. The fourth-order valence-electron chi connectivity index (χ4n) is 1.84. The van der Waals surface area contributed by atoms with Crippen LogP contribution < -0.4 is 0 Å². The van der Waals surface area contributed by atoms with E-state index in [0.29, 0.717) is 5.69 Å². The molecule has 0 radical (unpaired) electrons. The molecule has 0 atom stereocenters. The molecular formula is C13H15N3O. The first-order chi connectivity index (χ1) is 8.26. The number of hydrogen-bond donors (Lipinski definition) is 0. The summed E-state index contributed by atoms with van der Waals surface area (Å²) in [5.74, 6) is 0. The third-order valence-electron chi connectivity index (χ3n) is 2.64. The second-order valence-electron chi connectivity index (χ2n) is 4.04. The maximum Gasteiger partial charge on any atom is 0.172 e. The largest absolute Gasteiger partial charge is 0.296 e. The molecule has 0 aliphatic carbocycles. The van der Waals surface area contributed by atoms with Crippen LogP contribution in [0.15, 0.2) is 24.3 Å². The molecule has 0 spiro atoms. The lowest BCUT2D eigenvalue weighted by molar-refractivity contribution is 0.111. The van der Waals surface area contributed by atoms with E-state index in [1.807, 2.05) is 31.2 Å². The molecule has 1 aromatic heterocycles. The van der Waals surface area contributed by atoms with Crippen LogP contribution in [0.5, 0.6) is 0 Å². The fraction of sp³-hybridized carbons (Fsp3) is 0.308. The fourth-order valence-corrected chi connectivity index (χ4v) is 1.84. The molecule has 0 fully saturated rings. The smallest absolute Gasteiger partial charge is 0.172 e. The summed E-state index contributed by atoms with van der Waals surface area (Å²) >= 11 is 0. The number of hydrogen-bond acceptors (Lipinski definition) is 3. The van der Waals surface area contributed by atoms with Gasteiger partial charge in [-0.15, -0.1) is 5.10 Å². The predicted octanol–water partition coefficient (Wildman–Crippen LogP) is 2.34. The van der Waals surface area contributed by atoms with Crippen molar-refractivity contribution in [3.8, 4) is 5.69 Å². The van der Waals surface area contributed by atoms with E-state index < -0.39 is 0 Å². The van der Waals surface area contributed by atoms with Gasteiger partial charge in [-0.3, -0.25) is 4.79 Å². The number of aromatic nitrogens is 3. The summed E-state index contributed by atoms with van der Waals surface area (Å²) in [5, 5.41) is 7.96. The Labute approximate surface area is 100 Å². The van der Waals surface area contributed by atoms with Gasteiger partial charge in [0.2, 0.25) is 0 Å². The number of carbonyl (C=O) groups is 1. The van der Waals surface area contributed by atoms with Crippen molar-refractivity contribution in [2.75, 3.05) is 0 Å². The molecular weight excluding hydrogens is 214 g/mol. The lowest BCUT2D eigenvalue weighted by Crippen LogP contribution is -2.03. The first-order valence-electron chi connectivity index (χ1n) is 5.73. The molecule has 0 amide bonds. The summed E-state index contributed by atoms with van der Waals surface area (Å²) < 4.78 is 1.75. The topological polar surface area (TPSA) is 47.8 Å². The van der Waals surface area contributed by atoms with E-state index in [1.54, 1.807) is 4.68 Å². The molecule has 1 aromatic carbocycles. The minimum Gasteiger partial charge on any atom is -0.296 e. The molecule has 88 valence electrons. The number of aldehydes is 1. The molecule has 0 bridgehead atoms. The summed E-state index contributed by atoms with van der Waals surface area (Å²) in [6.45, 7) is 4.10. The van der Waals surface area contributed by atoms with Crippen molar-refractivity contribution in [3.63, 3.8) is 0 Å². The van der Waals surface area contributed by atoms with Crippen molar-refractivity contribution in [1.29, 1.82) is 0 Å². The molecule has 0 aliphatic heterocycles. The van der Waals surface area contributed by atoms with E-state index in [-0.39, 0.29) is 0 Å². The summed E-state index contributed by atoms with van der Waals surface area (Å²) in [6.07, 6.45) is 2.53. The van der Waals surface area contributed by atoms with Gasteiger partial charge in [0.25, 0.3) is 0 Å². The monoisotopic (exact) mass is 229 g/mol. The van der Waals surface area contributed by atoms with Crippen molar-refractivity contribution < 1.29 is 4.79 Å². The number of benzene rings is 1. The van der Waals surface area contributed by atoms with Crippen LogP contribution in [-0.4, -0.2) is 21.3 Å². The Kier molecular flexibility index (Phi) is 3.32. The van der Waals surface area contributed by atoms with Gasteiger partial charge in [0, 0.05) is 0 Å². The van der Waals surface area contributed by atoms with Crippen molar-refractivity contribution in [1.82, 2.24) is 15.0 Å². The Morgan fingerprint density at radius 1 is 1.41 bits per heavy atom. The van der Waals surface area contributed by atoms with E-state index in [9.17, 15) is 4.79 Å². The van der Waals surface area contributed by atoms with Gasteiger partial charge in [-0.2, -0.15) is 0 Å². The molecule has 2 aromatic rings. The highest BCUT2D eigenvalue weighted by Crippen LogP contribution is 2.14. The highest BCUT2D eigenvalue weighted by molar-refractivity contribution is 5.73. The molecule has 4 nitrogen and oxygen atoms in total. The standard InChI is InChI=1S/C13H15N3O/c1-3-5-13-12(9-17)14-15-16(13)11-7-4-6-10(2)8-11/h4,6-9H,3,5H2,1-2H3. The van der Waals surface area contributed by atoms with E-state index in [1.165, 1.54) is 0 Å². The van der Waals surface area contributed by atoms with Gasteiger partial charge < -0.3 is 0 Å². The molecule has 17 heavy (non-hydrogen) atoms. The highest BCUT2D eigenvalue weighted by Gasteiger charge is 2.12. The van der Waals surface area contributed by atoms with Crippen LogP contribution in [0.4, 0.5) is 0 Å². The molecule has 0 N–H and O–H groups in total. The van der Waals surface area contributed by atoms with Crippen molar-refractivity contribution in [3.05, 3.63) is 41.2 Å². The molecule has 0 saturated carbocycles. The molecule has 1 heterocycles. The number of carbonyl (C=O) groups excluding carboxylic acids is 1. The summed E-state index contributed by atoms with van der Waals surface area (Å²) in [5.41, 5.74) is 3.43. The normalized spacial score (nSPS) is 10.5. The Morgan fingerprint density at radius 3 is 2.88 bits per heavy atom. The number of rotatable bonds is 4. The summed E-state index contributed by atoms with van der Waals surface area (Å²) in [6, 6.07) is 8.00. The van der Waals surface area contributed by atoms with Crippen molar-refractivity contribution in [2.45, 2.75) is 26.7 Å². The second kappa shape index (κ2) is 4.91. The minimum absolute atomic E-state index is 0.438. The van der Waals surface area contributed by atoms with Crippen LogP contribution >= 0.6 is 0 Å². The Balaban J connectivity index is 2.51. The SMILES string of the molecule is CCCc1c(C=O)nnn1-c1cccc(C)c1. The summed E-state index contributed by atoms with van der Waals surface area (Å²) in [4.78, 5) is 10.9. The van der Waals surface area contributed by atoms with Crippen LogP contribution in [0.25, 0.3) is 5.69 Å². The maximum absolute atomic E-state index is 10.9. The highest BCUT2D eigenvalue weighted by atomic mass is 16.1. The van der Waals surface area contributed by atoms with Crippen LogP contribution in [0.3, 0.4) is 0 Å². The molecule has 2 rings (SSSR count). The van der Waals surface area contributed by atoms with Gasteiger partial charge in [0.05, 0.1) is 11.4 Å². The van der Waals surface area contributed by atoms with Crippen LogP contribution in [-0.2, 0) is 6.42 Å². The third-order valence-corrected chi connectivity index (χ3v) is 2.64. The number of nitrogens with zero attached hydrogens (tertiary/aromatic N) is 3. The zero-order chi connectivity index (χ0) is 12.3. The maximum atomic E-state index is 10.9. The predicted molar refractivity (Wildman–Crippen MR) is 65.5 cm³/mol. The second-order valence-corrected chi connectivity index (χ2v) is 4.04. The lowest BCUT2D eigenvalue weighted by Gasteiger charge is -2.06. The summed E-state index contributed by atoms with van der Waals surface area (Å²) in [7, 11) is 0. The molecule has 4 heteroatoms. The Bertz CT molecular complexity index is 531. The minimum atomic E-state index is 0.438. The lowest BCUT2D eigenvalue weighted by atomic mass is 10.2. The van der Waals surface area contributed by atoms with Crippen LogP contribution in [0.1, 0.15) is 35.1 Å². The first-order valence-corrected chi connectivity index (χ1v) is 5.73. The zero-order valence-corrected chi connectivity index (χ0v) is 10.1. The van der Waals surface area contributed by atoms with Crippen molar-refractivity contribution >= 4 is 6.29 Å². The average Bonchev–Trinajstić information content (AvgIpc) is 2.72. The van der Waals surface area contributed by atoms with Gasteiger partial charge in [-0.05, 0) is 31.0 Å². The number of aryl methyl sites for hydroxylation is 1. The molecule has 0 aliphatic rings. The van der Waals surface area contributed by atoms with Gasteiger partial charge >= 0.3 is 0 Å². The van der Waals surface area contributed by atoms with Gasteiger partial charge in [0.1, 0.15) is 5.69 Å². The van der Waals surface area contributed by atoms with Gasteiger partial charge in [-0.1, -0.05) is 30.7 Å². The van der Waals surface area contributed by atoms with E-state index in [4.69, 9.17) is 0 Å². The van der Waals surface area contributed by atoms with Crippen LogP contribution in [0.2, 0.25) is 0 Å². The first kappa shape index (κ1) is 11.5. The Morgan fingerprint density at radius 2 is 2.24 bits per heavy atom. The Hall–Kier alpha value is -1.97. The average molecular weight is 229 g/mol. The van der Waals surface area contributed by atoms with Crippen molar-refractivity contribution in [2.24, 2.45) is 0 Å². The van der Waals surface area contributed by atoms with Gasteiger partial charge in [0.15, 0.2) is 6.29 Å². The van der Waals surface area contributed by atoms with E-state index in [2.05, 4.69) is 17.2 Å². The van der Waals surface area contributed by atoms with Crippen LogP contribution in [0, 0.1) is 6.92 Å². The quantitative estimate of drug-likeness (QED) is 0.756. The molecule has 0 saturated heterocycles. The van der Waals surface area contributed by atoms with E-state index in [0.717, 1.165) is 36.1 Å². The van der Waals surface area contributed by atoms with Gasteiger partial charge in [-0.25, -0.2) is 4.68 Å². The zero-order valence-electron chi connectivity index (χ0n) is 10.1.